The summed E-state index contributed by atoms with van der Waals surface area (Å²) in [5, 5.41) is 14.6. The Morgan fingerprint density at radius 1 is 1.05 bits per heavy atom. The molecule has 9 heteroatoms. The highest BCUT2D eigenvalue weighted by Crippen LogP contribution is 2.36. The van der Waals surface area contributed by atoms with Gasteiger partial charge in [-0.3, -0.25) is 14.9 Å². The molecule has 1 aliphatic rings. The Balaban J connectivity index is 1.47. The molecule has 1 aliphatic carbocycles. The van der Waals surface area contributed by atoms with Gasteiger partial charge in [-0.05, 0) is 66.3 Å². The fraction of sp³-hybridized carbons (Fsp3) is 0.138. The molecular weight excluding hydrogens is 550 g/mol. The van der Waals surface area contributed by atoms with Crippen molar-refractivity contribution in [1.82, 2.24) is 4.98 Å². The number of carbonyl (C=O) groups excluding carboxylic acids is 2. The van der Waals surface area contributed by atoms with Crippen LogP contribution in [0.25, 0.3) is 22.6 Å². The van der Waals surface area contributed by atoms with E-state index in [-0.39, 0.29) is 5.69 Å². The molecule has 0 atom stereocenters. The minimum absolute atomic E-state index is 0.00672. The lowest BCUT2D eigenvalue weighted by molar-refractivity contribution is -0.384. The van der Waals surface area contributed by atoms with Crippen molar-refractivity contribution in [3.8, 4) is 0 Å². The lowest BCUT2D eigenvalue weighted by Crippen LogP contribution is -2.22. The SMILES string of the molecule is O=C(COC(=O)c1c2c(nc3ccccc13)/C(=C/c1cccc([N+](=O)[O-])c1)CCC2)Nc1cccc(Br)c1. The zero-order valence-corrected chi connectivity index (χ0v) is 21.7. The van der Waals surface area contributed by atoms with Crippen LogP contribution in [0.15, 0.2) is 77.3 Å². The van der Waals surface area contributed by atoms with Gasteiger partial charge in [0.15, 0.2) is 6.61 Å². The number of ether oxygens (including phenoxy) is 1. The fourth-order valence-corrected chi connectivity index (χ4v) is 5.00. The van der Waals surface area contributed by atoms with E-state index in [0.29, 0.717) is 46.3 Å². The topological polar surface area (TPSA) is 111 Å². The molecule has 0 aliphatic heterocycles. The van der Waals surface area contributed by atoms with Crippen molar-refractivity contribution >= 4 is 61.7 Å². The number of rotatable bonds is 6. The van der Waals surface area contributed by atoms with E-state index in [9.17, 15) is 19.7 Å². The van der Waals surface area contributed by atoms with Crippen LogP contribution < -0.4 is 5.32 Å². The maximum Gasteiger partial charge on any atom is 0.339 e. The summed E-state index contributed by atoms with van der Waals surface area (Å²) in [7, 11) is 0. The van der Waals surface area contributed by atoms with Crippen LogP contribution in [0.3, 0.4) is 0 Å². The van der Waals surface area contributed by atoms with E-state index in [4.69, 9.17) is 9.72 Å². The van der Waals surface area contributed by atoms with Gasteiger partial charge in [-0.15, -0.1) is 0 Å². The van der Waals surface area contributed by atoms with Crippen LogP contribution in [0, 0.1) is 10.1 Å². The van der Waals surface area contributed by atoms with Crippen LogP contribution in [0.1, 0.15) is 40.0 Å². The molecule has 190 valence electrons. The third-order valence-corrected chi connectivity index (χ3v) is 6.73. The van der Waals surface area contributed by atoms with Crippen molar-refractivity contribution in [1.29, 1.82) is 0 Å². The Kier molecular flexibility index (Phi) is 7.28. The minimum atomic E-state index is -0.596. The van der Waals surface area contributed by atoms with Crippen molar-refractivity contribution in [2.45, 2.75) is 19.3 Å². The lowest BCUT2D eigenvalue weighted by atomic mass is 9.86. The largest absolute Gasteiger partial charge is 0.452 e. The summed E-state index contributed by atoms with van der Waals surface area (Å²) >= 11 is 3.36. The van der Waals surface area contributed by atoms with E-state index in [1.54, 1.807) is 30.3 Å². The van der Waals surface area contributed by atoms with Gasteiger partial charge in [-0.25, -0.2) is 9.78 Å². The monoisotopic (exact) mass is 571 g/mol. The van der Waals surface area contributed by atoms with Gasteiger partial charge in [0.25, 0.3) is 11.6 Å². The number of benzene rings is 3. The molecule has 8 nitrogen and oxygen atoms in total. The standard InChI is InChI=1S/C29H22BrN3O5/c30-20-8-5-9-21(16-20)31-26(34)17-38-29(35)27-23-11-1-2-13-25(23)32-28-19(7-4-12-24(27)28)14-18-6-3-10-22(15-18)33(36)37/h1-3,5-6,8-11,13-16H,4,7,12,17H2,(H,31,34)/b19-14+. The second-order valence-electron chi connectivity index (χ2n) is 8.84. The van der Waals surface area contributed by atoms with Crippen molar-refractivity contribution < 1.29 is 19.2 Å². The van der Waals surface area contributed by atoms with E-state index in [0.717, 1.165) is 22.0 Å². The summed E-state index contributed by atoms with van der Waals surface area (Å²) in [4.78, 5) is 41.5. The lowest BCUT2D eigenvalue weighted by Gasteiger charge is -2.22. The second kappa shape index (κ2) is 10.9. The molecule has 0 fully saturated rings. The van der Waals surface area contributed by atoms with Gasteiger partial charge in [-0.2, -0.15) is 0 Å². The zero-order chi connectivity index (χ0) is 26.6. The molecule has 0 radical (unpaired) electrons. The van der Waals surface area contributed by atoms with Crippen LogP contribution >= 0.6 is 15.9 Å². The zero-order valence-electron chi connectivity index (χ0n) is 20.1. The van der Waals surface area contributed by atoms with Crippen LogP contribution in [0.2, 0.25) is 0 Å². The Labute approximate surface area is 226 Å². The van der Waals surface area contributed by atoms with Crippen LogP contribution in [-0.2, 0) is 16.0 Å². The van der Waals surface area contributed by atoms with Gasteiger partial charge in [0.05, 0.1) is 21.7 Å². The number of non-ortho nitro benzene ring substituents is 1. The number of para-hydroxylation sites is 1. The number of nitro groups is 1. The number of hydrogen-bond donors (Lipinski definition) is 1. The molecule has 3 aromatic carbocycles. The smallest absolute Gasteiger partial charge is 0.339 e. The van der Waals surface area contributed by atoms with Crippen molar-refractivity contribution in [2.75, 3.05) is 11.9 Å². The Hall–Kier alpha value is -4.37. The summed E-state index contributed by atoms with van der Waals surface area (Å²) in [6, 6.07) is 20.8. The number of allylic oxidation sites excluding steroid dienone is 1. The number of carbonyl (C=O) groups is 2. The van der Waals surface area contributed by atoms with Gasteiger partial charge >= 0.3 is 5.97 Å². The molecule has 1 heterocycles. The van der Waals surface area contributed by atoms with Crippen molar-refractivity contribution in [3.63, 3.8) is 0 Å². The van der Waals surface area contributed by atoms with E-state index in [1.807, 2.05) is 36.4 Å². The first-order valence-electron chi connectivity index (χ1n) is 12.0. The summed E-state index contributed by atoms with van der Waals surface area (Å²) in [5.74, 6) is -1.05. The number of nitrogens with zero attached hydrogens (tertiary/aromatic N) is 2. The van der Waals surface area contributed by atoms with Gasteiger partial charge in [-0.1, -0.05) is 52.3 Å². The average Bonchev–Trinajstić information content (AvgIpc) is 2.91. The number of anilines is 1. The molecular formula is C29H22BrN3O5. The number of esters is 1. The molecule has 38 heavy (non-hydrogen) atoms. The molecule has 0 unspecified atom stereocenters. The first-order chi connectivity index (χ1) is 18.4. The molecule has 5 rings (SSSR count). The number of fused-ring (bicyclic) bond motifs is 2. The predicted octanol–water partition coefficient (Wildman–Crippen LogP) is 6.58. The number of amides is 1. The molecule has 0 bridgehead atoms. The second-order valence-corrected chi connectivity index (χ2v) is 9.76. The van der Waals surface area contributed by atoms with Gasteiger partial charge < -0.3 is 10.1 Å². The molecule has 1 amide bonds. The number of aromatic nitrogens is 1. The maximum absolute atomic E-state index is 13.4. The summed E-state index contributed by atoms with van der Waals surface area (Å²) in [5.41, 5.74) is 4.62. The molecule has 1 N–H and O–H groups in total. The minimum Gasteiger partial charge on any atom is -0.452 e. The van der Waals surface area contributed by atoms with E-state index >= 15 is 0 Å². The highest BCUT2D eigenvalue weighted by atomic mass is 79.9. The van der Waals surface area contributed by atoms with Crippen molar-refractivity contribution in [2.24, 2.45) is 0 Å². The van der Waals surface area contributed by atoms with Gasteiger partial charge in [0.2, 0.25) is 0 Å². The van der Waals surface area contributed by atoms with Gasteiger partial charge in [0.1, 0.15) is 0 Å². The Bertz CT molecular complexity index is 1620. The first kappa shape index (κ1) is 25.3. The third kappa shape index (κ3) is 5.47. The van der Waals surface area contributed by atoms with Crippen LogP contribution in [0.5, 0.6) is 0 Å². The number of hydrogen-bond acceptors (Lipinski definition) is 6. The number of halogens is 1. The molecule has 4 aromatic rings. The molecule has 1 aromatic heterocycles. The molecule has 0 saturated carbocycles. The van der Waals surface area contributed by atoms with E-state index in [2.05, 4.69) is 21.2 Å². The van der Waals surface area contributed by atoms with Gasteiger partial charge in [0, 0.05) is 27.7 Å². The Morgan fingerprint density at radius 2 is 1.87 bits per heavy atom. The highest BCUT2D eigenvalue weighted by Gasteiger charge is 2.26. The summed E-state index contributed by atoms with van der Waals surface area (Å²) in [6.45, 7) is -0.437. The normalized spacial score (nSPS) is 13.7. The number of nitro benzene ring substituents is 1. The molecule has 0 saturated heterocycles. The average molecular weight is 572 g/mol. The highest BCUT2D eigenvalue weighted by molar-refractivity contribution is 9.10. The number of pyridine rings is 1. The molecule has 0 spiro atoms. The van der Waals surface area contributed by atoms with Crippen molar-refractivity contribution in [3.05, 3.63) is 110 Å². The quantitative estimate of drug-likeness (QED) is 0.159. The van der Waals surface area contributed by atoms with Crippen LogP contribution in [0.4, 0.5) is 11.4 Å². The predicted molar refractivity (Wildman–Crippen MR) is 149 cm³/mol. The summed E-state index contributed by atoms with van der Waals surface area (Å²) < 4.78 is 6.29. The van der Waals surface area contributed by atoms with E-state index < -0.39 is 23.4 Å². The Morgan fingerprint density at radius 3 is 2.68 bits per heavy atom. The third-order valence-electron chi connectivity index (χ3n) is 6.24. The summed E-state index contributed by atoms with van der Waals surface area (Å²) in [6.07, 6.45) is 3.99. The first-order valence-corrected chi connectivity index (χ1v) is 12.8. The number of nitrogens with one attached hydrogen (secondary N) is 1. The maximum atomic E-state index is 13.4. The van der Waals surface area contributed by atoms with Crippen LogP contribution in [-0.4, -0.2) is 28.4 Å². The van der Waals surface area contributed by atoms with E-state index in [1.165, 1.54) is 12.1 Å². The fourth-order valence-electron chi connectivity index (χ4n) is 4.60.